The number of esters is 1. The van der Waals surface area contributed by atoms with Crippen molar-refractivity contribution in [2.75, 3.05) is 6.61 Å². The van der Waals surface area contributed by atoms with Gasteiger partial charge in [-0.25, -0.2) is 9.59 Å². The first-order valence-electron chi connectivity index (χ1n) is 8.43. The topological polar surface area (TPSA) is 55.8 Å². The number of hydrogen-bond donors (Lipinski definition) is 0. The Balaban J connectivity index is 1.64. The van der Waals surface area contributed by atoms with Gasteiger partial charge in [0, 0.05) is 6.04 Å². The maximum atomic E-state index is 12.5. The summed E-state index contributed by atoms with van der Waals surface area (Å²) in [6.07, 6.45) is 1.53. The highest BCUT2D eigenvalue weighted by molar-refractivity contribution is 5.89. The molecule has 5 nitrogen and oxygen atoms in total. The van der Waals surface area contributed by atoms with Crippen LogP contribution in [-0.4, -0.2) is 41.3 Å². The zero-order chi connectivity index (χ0) is 17.5. The molecule has 3 rings (SSSR count). The summed E-state index contributed by atoms with van der Waals surface area (Å²) < 4.78 is 11.0. The molecule has 1 saturated heterocycles. The maximum absolute atomic E-state index is 12.5. The molecule has 5 heteroatoms. The highest BCUT2D eigenvalue weighted by Crippen LogP contribution is 2.59. The number of hydrogen-bond acceptors (Lipinski definition) is 4. The highest BCUT2D eigenvalue weighted by atomic mass is 16.6. The number of fused-ring (bicyclic) bond motifs is 1. The summed E-state index contributed by atoms with van der Waals surface area (Å²) in [4.78, 5) is 26.4. The number of nitrogens with zero attached hydrogens (tertiary/aromatic N) is 1. The number of carbonyl (C=O) groups excluding carboxylic acids is 2. The van der Waals surface area contributed by atoms with Crippen LogP contribution in [0.4, 0.5) is 4.79 Å². The van der Waals surface area contributed by atoms with Gasteiger partial charge in [0.05, 0.1) is 11.6 Å². The fraction of sp³-hybridized carbons (Fsp3) is 0.579. The van der Waals surface area contributed by atoms with E-state index in [1.807, 2.05) is 26.8 Å². The van der Waals surface area contributed by atoms with Crippen LogP contribution in [-0.2, 0) is 9.47 Å². The summed E-state index contributed by atoms with van der Waals surface area (Å²) in [5.41, 5.74) is 0.132. The first-order chi connectivity index (χ1) is 11.2. The second-order valence-corrected chi connectivity index (χ2v) is 8.08. The monoisotopic (exact) mass is 331 g/mol. The number of benzene rings is 1. The van der Waals surface area contributed by atoms with Crippen molar-refractivity contribution in [3.63, 3.8) is 0 Å². The minimum Gasteiger partial charge on any atom is -0.460 e. The van der Waals surface area contributed by atoms with E-state index in [-0.39, 0.29) is 36.2 Å². The molecule has 2 fully saturated rings. The zero-order valence-electron chi connectivity index (χ0n) is 14.7. The van der Waals surface area contributed by atoms with Crippen LogP contribution < -0.4 is 0 Å². The summed E-state index contributed by atoms with van der Waals surface area (Å²) in [5, 5.41) is 0. The van der Waals surface area contributed by atoms with Gasteiger partial charge >= 0.3 is 12.1 Å². The third kappa shape index (κ3) is 3.40. The molecule has 0 radical (unpaired) electrons. The van der Waals surface area contributed by atoms with Gasteiger partial charge in [-0.2, -0.15) is 0 Å². The quantitative estimate of drug-likeness (QED) is 0.794. The molecule has 1 saturated carbocycles. The summed E-state index contributed by atoms with van der Waals surface area (Å²) >= 11 is 0. The molecule has 130 valence electrons. The van der Waals surface area contributed by atoms with E-state index in [1.54, 1.807) is 29.2 Å². The second kappa shape index (κ2) is 5.80. The predicted octanol–water partition coefficient (Wildman–Crippen LogP) is 3.63. The first-order valence-corrected chi connectivity index (χ1v) is 8.43. The van der Waals surface area contributed by atoms with Crippen molar-refractivity contribution in [2.24, 2.45) is 5.41 Å². The smallest absolute Gasteiger partial charge is 0.410 e. The van der Waals surface area contributed by atoms with E-state index in [0.717, 1.165) is 12.8 Å². The molecule has 24 heavy (non-hydrogen) atoms. The minimum absolute atomic E-state index is 0.115. The Morgan fingerprint density at radius 1 is 1.21 bits per heavy atom. The average molecular weight is 331 g/mol. The van der Waals surface area contributed by atoms with E-state index in [0.29, 0.717) is 5.56 Å². The van der Waals surface area contributed by atoms with Gasteiger partial charge in [-0.1, -0.05) is 25.1 Å². The Hall–Kier alpha value is -2.04. The van der Waals surface area contributed by atoms with E-state index in [1.165, 1.54) is 0 Å². The minimum atomic E-state index is -0.532. The molecule has 1 aromatic carbocycles. The van der Waals surface area contributed by atoms with Gasteiger partial charge < -0.3 is 9.47 Å². The van der Waals surface area contributed by atoms with Gasteiger partial charge in [0.1, 0.15) is 12.2 Å². The van der Waals surface area contributed by atoms with Crippen LogP contribution in [0.2, 0.25) is 0 Å². The predicted molar refractivity (Wildman–Crippen MR) is 89.7 cm³/mol. The molecule has 1 amide bonds. The highest BCUT2D eigenvalue weighted by Gasteiger charge is 2.63. The Morgan fingerprint density at radius 3 is 2.50 bits per heavy atom. The molecule has 0 unspecified atom stereocenters. The van der Waals surface area contributed by atoms with E-state index in [9.17, 15) is 9.59 Å². The fourth-order valence-electron chi connectivity index (χ4n) is 3.49. The molecule has 1 heterocycles. The Kier molecular flexibility index (Phi) is 4.06. The normalized spacial score (nSPS) is 28.2. The first kappa shape index (κ1) is 16.8. The van der Waals surface area contributed by atoms with Gasteiger partial charge in [0.2, 0.25) is 0 Å². The molecule has 0 aromatic heterocycles. The van der Waals surface area contributed by atoms with E-state index < -0.39 is 5.60 Å². The number of piperidine rings is 1. The Labute approximate surface area is 142 Å². The van der Waals surface area contributed by atoms with Gasteiger partial charge in [0.25, 0.3) is 0 Å². The second-order valence-electron chi connectivity index (χ2n) is 8.08. The van der Waals surface area contributed by atoms with Crippen molar-refractivity contribution in [3.8, 4) is 0 Å². The summed E-state index contributed by atoms with van der Waals surface area (Å²) in [5.74, 6) is -0.356. The lowest BCUT2D eigenvalue weighted by atomic mass is 10.0. The van der Waals surface area contributed by atoms with Crippen LogP contribution in [0.15, 0.2) is 30.3 Å². The lowest BCUT2D eigenvalue weighted by Gasteiger charge is -2.30. The lowest BCUT2D eigenvalue weighted by molar-refractivity contribution is 0.00570. The molecular weight excluding hydrogens is 306 g/mol. The molecule has 0 N–H and O–H groups in total. The molecule has 0 bridgehead atoms. The number of likely N-dealkylation sites (tertiary alicyclic amines) is 1. The van der Waals surface area contributed by atoms with Gasteiger partial charge in [-0.3, -0.25) is 4.90 Å². The van der Waals surface area contributed by atoms with Crippen molar-refractivity contribution in [1.82, 2.24) is 4.90 Å². The van der Waals surface area contributed by atoms with Gasteiger partial charge in [-0.05, 0) is 51.2 Å². The number of carbonyl (C=O) groups is 2. The van der Waals surface area contributed by atoms with Crippen LogP contribution in [0.1, 0.15) is 50.9 Å². The van der Waals surface area contributed by atoms with Crippen molar-refractivity contribution in [3.05, 3.63) is 35.9 Å². The van der Waals surface area contributed by atoms with Crippen molar-refractivity contribution in [1.29, 1.82) is 0 Å². The maximum Gasteiger partial charge on any atom is 0.410 e. The fourth-order valence-corrected chi connectivity index (χ4v) is 3.49. The van der Waals surface area contributed by atoms with Crippen LogP contribution >= 0.6 is 0 Å². The van der Waals surface area contributed by atoms with Crippen LogP contribution in [0, 0.1) is 5.41 Å². The summed E-state index contributed by atoms with van der Waals surface area (Å²) in [6, 6.07) is 8.99. The van der Waals surface area contributed by atoms with Crippen molar-refractivity contribution < 1.29 is 19.1 Å². The molecule has 3 atom stereocenters. The van der Waals surface area contributed by atoms with E-state index >= 15 is 0 Å². The number of ether oxygens (including phenoxy) is 2. The molecular formula is C19H25NO4. The van der Waals surface area contributed by atoms with Crippen LogP contribution in [0.5, 0.6) is 0 Å². The average Bonchev–Trinajstić information content (AvgIpc) is 3.05. The lowest BCUT2D eigenvalue weighted by Crippen LogP contribution is -2.44. The van der Waals surface area contributed by atoms with Crippen LogP contribution in [0.3, 0.4) is 0 Å². The molecule has 0 spiro atoms. The van der Waals surface area contributed by atoms with Crippen molar-refractivity contribution >= 4 is 12.1 Å². The Morgan fingerprint density at radius 2 is 1.88 bits per heavy atom. The zero-order valence-corrected chi connectivity index (χ0v) is 14.7. The van der Waals surface area contributed by atoms with E-state index in [4.69, 9.17) is 9.47 Å². The Bertz CT molecular complexity index is 637. The third-order valence-electron chi connectivity index (χ3n) is 4.76. The molecule has 1 aromatic rings. The number of rotatable bonds is 3. The molecule has 1 aliphatic heterocycles. The summed E-state index contributed by atoms with van der Waals surface area (Å²) in [6.45, 7) is 7.96. The third-order valence-corrected chi connectivity index (χ3v) is 4.76. The van der Waals surface area contributed by atoms with E-state index in [2.05, 4.69) is 6.92 Å². The number of amides is 1. The standard InChI is InChI=1S/C19H25NO4/c1-18(2,3)24-17(22)20-14(10-19(4)11-15(19)20)12-23-16(21)13-8-6-5-7-9-13/h5-9,14-15H,10-12H2,1-4H3/t14-,15+,19-/m0/s1. The molecule has 1 aliphatic carbocycles. The van der Waals surface area contributed by atoms with Gasteiger partial charge in [-0.15, -0.1) is 0 Å². The largest absolute Gasteiger partial charge is 0.460 e. The van der Waals surface area contributed by atoms with Crippen molar-refractivity contribution in [2.45, 2.75) is 58.2 Å². The molecule has 2 aliphatic rings. The summed E-state index contributed by atoms with van der Waals surface area (Å²) in [7, 11) is 0. The SMILES string of the molecule is CC(C)(C)OC(=O)N1[C@H](COC(=O)c2ccccc2)C[C@@]2(C)C[C@@H]12. The van der Waals surface area contributed by atoms with Crippen LogP contribution in [0.25, 0.3) is 0 Å². The van der Waals surface area contributed by atoms with Gasteiger partial charge in [0.15, 0.2) is 0 Å².